The normalized spacial score (nSPS) is 17.5. The lowest BCUT2D eigenvalue weighted by molar-refractivity contribution is -0.128. The SMILES string of the molecule is CCNC(=NCc1ccc(CN2CCCC2=O)cc1)NC(C)c1cccc(N2CCCC2)c1. The standard InChI is InChI=1S/C27H37N5O/c1-3-28-27(30-21(2)24-8-6-9-25(18-24)31-15-4-5-16-31)29-19-22-11-13-23(14-12-22)20-32-17-7-10-26(32)33/h6,8-9,11-14,18,21H,3-5,7,10,15-17,19-20H2,1-2H3,(H2,28,29,30). The van der Waals surface area contributed by atoms with Crippen molar-refractivity contribution in [1.82, 2.24) is 15.5 Å². The lowest BCUT2D eigenvalue weighted by Gasteiger charge is -2.22. The van der Waals surface area contributed by atoms with E-state index in [2.05, 4.69) is 77.9 Å². The summed E-state index contributed by atoms with van der Waals surface area (Å²) in [6.07, 6.45) is 4.24. The second-order valence-electron chi connectivity index (χ2n) is 9.09. The molecular weight excluding hydrogens is 410 g/mol. The second kappa shape index (κ2) is 11.2. The van der Waals surface area contributed by atoms with Crippen LogP contribution < -0.4 is 15.5 Å². The highest BCUT2D eigenvalue weighted by Gasteiger charge is 2.20. The summed E-state index contributed by atoms with van der Waals surface area (Å²) in [4.78, 5) is 21.1. The largest absolute Gasteiger partial charge is 0.372 e. The summed E-state index contributed by atoms with van der Waals surface area (Å²) < 4.78 is 0. The Kier molecular flexibility index (Phi) is 7.87. The van der Waals surface area contributed by atoms with Crippen LogP contribution >= 0.6 is 0 Å². The van der Waals surface area contributed by atoms with E-state index >= 15 is 0 Å². The molecule has 2 saturated heterocycles. The fraction of sp³-hybridized carbons (Fsp3) is 0.481. The summed E-state index contributed by atoms with van der Waals surface area (Å²) in [5, 5.41) is 6.94. The van der Waals surface area contributed by atoms with Gasteiger partial charge < -0.3 is 20.4 Å². The van der Waals surface area contributed by atoms with Crippen LogP contribution in [0, 0.1) is 0 Å². The van der Waals surface area contributed by atoms with E-state index in [1.807, 2.05) is 4.90 Å². The van der Waals surface area contributed by atoms with Crippen LogP contribution in [0.3, 0.4) is 0 Å². The fourth-order valence-electron chi connectivity index (χ4n) is 4.59. The van der Waals surface area contributed by atoms with Gasteiger partial charge in [-0.25, -0.2) is 4.99 Å². The molecule has 6 nitrogen and oxygen atoms in total. The van der Waals surface area contributed by atoms with Gasteiger partial charge in [0.05, 0.1) is 12.6 Å². The smallest absolute Gasteiger partial charge is 0.222 e. The van der Waals surface area contributed by atoms with Crippen molar-refractivity contribution in [2.45, 2.75) is 58.7 Å². The predicted octanol–water partition coefficient (Wildman–Crippen LogP) is 4.23. The first-order chi connectivity index (χ1) is 16.1. The van der Waals surface area contributed by atoms with E-state index in [9.17, 15) is 4.79 Å². The first-order valence-corrected chi connectivity index (χ1v) is 12.4. The first kappa shape index (κ1) is 23.1. The summed E-state index contributed by atoms with van der Waals surface area (Å²) >= 11 is 0. The van der Waals surface area contributed by atoms with E-state index < -0.39 is 0 Å². The molecule has 33 heavy (non-hydrogen) atoms. The van der Waals surface area contributed by atoms with E-state index in [4.69, 9.17) is 4.99 Å². The van der Waals surface area contributed by atoms with Crippen LogP contribution in [0.2, 0.25) is 0 Å². The topological polar surface area (TPSA) is 60.0 Å². The van der Waals surface area contributed by atoms with Gasteiger partial charge in [0.15, 0.2) is 5.96 Å². The van der Waals surface area contributed by atoms with Crippen molar-refractivity contribution < 1.29 is 4.79 Å². The average Bonchev–Trinajstić information content (AvgIpc) is 3.51. The molecule has 2 aromatic carbocycles. The number of carbonyl (C=O) groups is 1. The summed E-state index contributed by atoms with van der Waals surface area (Å²) in [6.45, 7) is 9.59. The molecule has 176 valence electrons. The Morgan fingerprint density at radius 1 is 1.03 bits per heavy atom. The molecule has 2 aromatic rings. The van der Waals surface area contributed by atoms with E-state index in [-0.39, 0.29) is 11.9 Å². The summed E-state index contributed by atoms with van der Waals surface area (Å²) in [6, 6.07) is 17.5. The second-order valence-corrected chi connectivity index (χ2v) is 9.09. The average molecular weight is 448 g/mol. The Bertz CT molecular complexity index is 949. The number of nitrogens with one attached hydrogen (secondary N) is 2. The maximum Gasteiger partial charge on any atom is 0.222 e. The zero-order valence-electron chi connectivity index (χ0n) is 20.0. The third kappa shape index (κ3) is 6.28. The number of aliphatic imine (C=N–C) groups is 1. The van der Waals surface area contributed by atoms with Gasteiger partial charge >= 0.3 is 0 Å². The molecule has 2 heterocycles. The summed E-state index contributed by atoms with van der Waals surface area (Å²) in [5.74, 6) is 1.09. The number of likely N-dealkylation sites (tertiary alicyclic amines) is 1. The molecule has 0 aromatic heterocycles. The minimum Gasteiger partial charge on any atom is -0.372 e. The van der Waals surface area contributed by atoms with Crippen molar-refractivity contribution in [1.29, 1.82) is 0 Å². The van der Waals surface area contributed by atoms with E-state index in [0.717, 1.165) is 44.1 Å². The monoisotopic (exact) mass is 447 g/mol. The molecule has 1 atom stereocenters. The maximum atomic E-state index is 11.9. The van der Waals surface area contributed by atoms with Gasteiger partial charge in [-0.05, 0) is 61.9 Å². The van der Waals surface area contributed by atoms with E-state index in [0.29, 0.717) is 19.5 Å². The Morgan fingerprint density at radius 2 is 1.79 bits per heavy atom. The van der Waals surface area contributed by atoms with Crippen molar-refractivity contribution in [2.75, 3.05) is 31.1 Å². The van der Waals surface area contributed by atoms with Gasteiger partial charge in [-0.1, -0.05) is 36.4 Å². The fourth-order valence-corrected chi connectivity index (χ4v) is 4.59. The number of benzene rings is 2. The van der Waals surface area contributed by atoms with Gasteiger partial charge in [0.25, 0.3) is 0 Å². The Hall–Kier alpha value is -3.02. The van der Waals surface area contributed by atoms with Gasteiger partial charge in [0, 0.05) is 44.8 Å². The molecule has 0 radical (unpaired) electrons. The molecule has 2 N–H and O–H groups in total. The molecule has 0 aliphatic carbocycles. The van der Waals surface area contributed by atoms with Gasteiger partial charge in [0.2, 0.25) is 5.91 Å². The lowest BCUT2D eigenvalue weighted by Crippen LogP contribution is -2.38. The van der Waals surface area contributed by atoms with Crippen LogP contribution in [0.1, 0.15) is 62.3 Å². The molecule has 0 spiro atoms. The van der Waals surface area contributed by atoms with E-state index in [1.54, 1.807) is 0 Å². The van der Waals surface area contributed by atoms with Crippen LogP contribution in [0.15, 0.2) is 53.5 Å². The van der Waals surface area contributed by atoms with Crippen LogP contribution in [0.5, 0.6) is 0 Å². The van der Waals surface area contributed by atoms with Crippen molar-refractivity contribution in [3.63, 3.8) is 0 Å². The predicted molar refractivity (Wildman–Crippen MR) is 135 cm³/mol. The van der Waals surface area contributed by atoms with Crippen LogP contribution in [-0.2, 0) is 17.9 Å². The Labute approximate surface area is 198 Å². The third-order valence-corrected chi connectivity index (χ3v) is 6.53. The molecule has 1 amide bonds. The minimum absolute atomic E-state index is 0.158. The number of hydrogen-bond donors (Lipinski definition) is 2. The van der Waals surface area contributed by atoms with Gasteiger partial charge in [-0.2, -0.15) is 0 Å². The molecule has 0 bridgehead atoms. The third-order valence-electron chi connectivity index (χ3n) is 6.53. The summed E-state index contributed by atoms with van der Waals surface area (Å²) in [5.41, 5.74) is 4.92. The summed E-state index contributed by atoms with van der Waals surface area (Å²) in [7, 11) is 0. The van der Waals surface area contributed by atoms with Crippen molar-refractivity contribution in [3.05, 3.63) is 65.2 Å². The van der Waals surface area contributed by atoms with Crippen LogP contribution in [0.4, 0.5) is 5.69 Å². The zero-order chi connectivity index (χ0) is 23.0. The highest BCUT2D eigenvalue weighted by Crippen LogP contribution is 2.24. The number of carbonyl (C=O) groups excluding carboxylic acids is 1. The Balaban J connectivity index is 1.36. The molecule has 2 aliphatic heterocycles. The van der Waals surface area contributed by atoms with Crippen molar-refractivity contribution in [2.24, 2.45) is 4.99 Å². The number of nitrogens with zero attached hydrogens (tertiary/aromatic N) is 3. The van der Waals surface area contributed by atoms with Gasteiger partial charge in [-0.15, -0.1) is 0 Å². The molecule has 2 aliphatic rings. The molecule has 4 rings (SSSR count). The lowest BCUT2D eigenvalue weighted by atomic mass is 10.1. The first-order valence-electron chi connectivity index (χ1n) is 12.4. The number of anilines is 1. The number of hydrogen-bond acceptors (Lipinski definition) is 3. The molecule has 0 saturated carbocycles. The maximum absolute atomic E-state index is 11.9. The van der Waals surface area contributed by atoms with Crippen LogP contribution in [0.25, 0.3) is 0 Å². The van der Waals surface area contributed by atoms with Gasteiger partial charge in [-0.3, -0.25) is 4.79 Å². The molecule has 1 unspecified atom stereocenters. The highest BCUT2D eigenvalue weighted by molar-refractivity contribution is 5.80. The van der Waals surface area contributed by atoms with Gasteiger partial charge in [0.1, 0.15) is 0 Å². The zero-order valence-corrected chi connectivity index (χ0v) is 20.0. The number of guanidine groups is 1. The van der Waals surface area contributed by atoms with E-state index in [1.165, 1.54) is 29.7 Å². The quantitative estimate of drug-likeness (QED) is 0.470. The minimum atomic E-state index is 0.158. The number of amides is 1. The van der Waals surface area contributed by atoms with Crippen molar-refractivity contribution >= 4 is 17.6 Å². The van der Waals surface area contributed by atoms with Crippen LogP contribution in [-0.4, -0.2) is 42.9 Å². The highest BCUT2D eigenvalue weighted by atomic mass is 16.2. The molecule has 2 fully saturated rings. The van der Waals surface area contributed by atoms with Crippen molar-refractivity contribution in [3.8, 4) is 0 Å². The Morgan fingerprint density at radius 3 is 2.48 bits per heavy atom. The molecular formula is C27H37N5O. The number of rotatable bonds is 8. The molecule has 6 heteroatoms.